The number of rotatable bonds is 2. The number of ether oxygens (including phenoxy) is 2. The summed E-state index contributed by atoms with van der Waals surface area (Å²) in [5.74, 6) is 1.62. The lowest BCUT2D eigenvalue weighted by Crippen LogP contribution is -2.44. The van der Waals surface area contributed by atoms with Crippen molar-refractivity contribution in [3.05, 3.63) is 0 Å². The summed E-state index contributed by atoms with van der Waals surface area (Å²) in [7, 11) is 0. The first-order chi connectivity index (χ1) is 9.33. The molecule has 3 fully saturated rings. The van der Waals surface area contributed by atoms with Crippen LogP contribution in [0.2, 0.25) is 0 Å². The lowest BCUT2D eigenvalue weighted by Gasteiger charge is -2.42. The van der Waals surface area contributed by atoms with E-state index in [4.69, 9.17) is 9.47 Å². The third-order valence-corrected chi connectivity index (χ3v) is 5.55. The summed E-state index contributed by atoms with van der Waals surface area (Å²) in [4.78, 5) is 0. The van der Waals surface area contributed by atoms with Crippen molar-refractivity contribution < 1.29 is 9.47 Å². The van der Waals surface area contributed by atoms with Crippen LogP contribution >= 0.6 is 0 Å². The van der Waals surface area contributed by atoms with Crippen LogP contribution in [0.4, 0.5) is 0 Å². The van der Waals surface area contributed by atoms with Gasteiger partial charge in [-0.3, -0.25) is 0 Å². The molecule has 3 rings (SSSR count). The van der Waals surface area contributed by atoms with Crippen molar-refractivity contribution in [3.63, 3.8) is 0 Å². The van der Waals surface area contributed by atoms with E-state index in [0.29, 0.717) is 12.2 Å². The molecule has 0 bridgehead atoms. The third kappa shape index (κ3) is 3.52. The van der Waals surface area contributed by atoms with Gasteiger partial charge in [-0.1, -0.05) is 38.5 Å². The number of hydrogen-bond acceptors (Lipinski definition) is 2. The zero-order valence-corrected chi connectivity index (χ0v) is 12.5. The van der Waals surface area contributed by atoms with E-state index < -0.39 is 0 Å². The van der Waals surface area contributed by atoms with Crippen molar-refractivity contribution in [1.82, 2.24) is 0 Å². The van der Waals surface area contributed by atoms with Crippen molar-refractivity contribution in [1.29, 1.82) is 0 Å². The Bertz CT molecular complexity index is 240. The van der Waals surface area contributed by atoms with Crippen LogP contribution in [0.1, 0.15) is 77.6 Å². The minimum atomic E-state index is 0.0209. The van der Waals surface area contributed by atoms with Gasteiger partial charge in [-0.15, -0.1) is 0 Å². The molecule has 0 amide bonds. The van der Waals surface area contributed by atoms with Crippen LogP contribution in [0.5, 0.6) is 0 Å². The highest BCUT2D eigenvalue weighted by Gasteiger charge is 2.37. The van der Waals surface area contributed by atoms with E-state index in [-0.39, 0.29) is 6.29 Å². The predicted octanol–water partition coefficient (Wildman–Crippen LogP) is 4.67. The van der Waals surface area contributed by atoms with Gasteiger partial charge in [0, 0.05) is 6.42 Å². The molecule has 2 heteroatoms. The zero-order valence-electron chi connectivity index (χ0n) is 12.5. The molecule has 1 saturated heterocycles. The van der Waals surface area contributed by atoms with Crippen LogP contribution in [0.3, 0.4) is 0 Å². The van der Waals surface area contributed by atoms with Gasteiger partial charge in [0.2, 0.25) is 0 Å². The first kappa shape index (κ1) is 13.9. The Morgan fingerprint density at radius 1 is 0.632 bits per heavy atom. The van der Waals surface area contributed by atoms with E-state index in [0.717, 1.165) is 11.8 Å². The largest absolute Gasteiger partial charge is 0.349 e. The molecule has 0 N–H and O–H groups in total. The average Bonchev–Trinajstić information content (AvgIpc) is 2.48. The summed E-state index contributed by atoms with van der Waals surface area (Å²) in [6.07, 6.45) is 16.2. The summed E-state index contributed by atoms with van der Waals surface area (Å²) in [5, 5.41) is 0. The van der Waals surface area contributed by atoms with E-state index in [1.807, 2.05) is 0 Å². The topological polar surface area (TPSA) is 18.5 Å². The maximum Gasteiger partial charge on any atom is 0.155 e. The Balaban J connectivity index is 1.59. The maximum atomic E-state index is 6.12. The van der Waals surface area contributed by atoms with Gasteiger partial charge in [-0.05, 0) is 44.4 Å². The molecule has 2 nitrogen and oxygen atoms in total. The second-order valence-corrected chi connectivity index (χ2v) is 6.95. The Hall–Kier alpha value is -0.0800. The minimum absolute atomic E-state index is 0.0209. The van der Waals surface area contributed by atoms with Gasteiger partial charge >= 0.3 is 0 Å². The lowest BCUT2D eigenvalue weighted by atomic mass is 9.78. The Morgan fingerprint density at radius 3 is 1.47 bits per heavy atom. The monoisotopic (exact) mass is 266 g/mol. The summed E-state index contributed by atoms with van der Waals surface area (Å²) >= 11 is 0. The molecule has 3 atom stereocenters. The second kappa shape index (κ2) is 6.58. The van der Waals surface area contributed by atoms with Crippen LogP contribution in [-0.4, -0.2) is 18.5 Å². The van der Waals surface area contributed by atoms with E-state index in [2.05, 4.69) is 6.92 Å². The van der Waals surface area contributed by atoms with Crippen LogP contribution in [-0.2, 0) is 9.47 Å². The second-order valence-electron chi connectivity index (χ2n) is 6.95. The van der Waals surface area contributed by atoms with E-state index in [9.17, 15) is 0 Å². The molecule has 0 spiro atoms. The quantitative estimate of drug-likeness (QED) is 0.723. The van der Waals surface area contributed by atoms with E-state index in [1.165, 1.54) is 70.6 Å². The lowest BCUT2D eigenvalue weighted by molar-refractivity contribution is -0.258. The fourth-order valence-corrected chi connectivity index (χ4v) is 4.48. The van der Waals surface area contributed by atoms with Crippen LogP contribution in [0.25, 0.3) is 0 Å². The van der Waals surface area contributed by atoms with Crippen molar-refractivity contribution in [2.24, 2.45) is 11.8 Å². The molecule has 1 aliphatic heterocycles. The molecular weight excluding hydrogens is 236 g/mol. The summed E-state index contributed by atoms with van der Waals surface area (Å²) in [5.41, 5.74) is 0. The molecule has 1 heterocycles. The fraction of sp³-hybridized carbons (Fsp3) is 1.00. The van der Waals surface area contributed by atoms with Gasteiger partial charge in [0.05, 0.1) is 12.2 Å². The van der Waals surface area contributed by atoms with Crippen molar-refractivity contribution in [2.45, 2.75) is 96.1 Å². The van der Waals surface area contributed by atoms with E-state index in [1.54, 1.807) is 0 Å². The van der Waals surface area contributed by atoms with Gasteiger partial charge in [0.15, 0.2) is 6.29 Å². The smallest absolute Gasteiger partial charge is 0.155 e. The zero-order chi connectivity index (χ0) is 13.1. The average molecular weight is 266 g/mol. The predicted molar refractivity (Wildman–Crippen MR) is 77.0 cm³/mol. The first-order valence-corrected chi connectivity index (χ1v) is 8.64. The molecule has 19 heavy (non-hydrogen) atoms. The Labute approximate surface area is 118 Å². The SMILES string of the molecule is CC1O[C@H](C2CCCCC2)C[C@H](C2CCCCC2)O1. The molecule has 0 radical (unpaired) electrons. The molecule has 0 aromatic heterocycles. The van der Waals surface area contributed by atoms with Crippen LogP contribution in [0, 0.1) is 11.8 Å². The third-order valence-electron chi connectivity index (χ3n) is 5.55. The molecule has 110 valence electrons. The van der Waals surface area contributed by atoms with Gasteiger partial charge in [-0.2, -0.15) is 0 Å². The van der Waals surface area contributed by atoms with Gasteiger partial charge in [0.1, 0.15) is 0 Å². The van der Waals surface area contributed by atoms with Crippen LogP contribution < -0.4 is 0 Å². The van der Waals surface area contributed by atoms with Crippen molar-refractivity contribution in [2.75, 3.05) is 0 Å². The summed E-state index contributed by atoms with van der Waals surface area (Å²) < 4.78 is 12.2. The Morgan fingerprint density at radius 2 is 1.05 bits per heavy atom. The molecule has 0 aromatic carbocycles. The molecule has 1 unspecified atom stereocenters. The Kier molecular flexibility index (Phi) is 4.81. The maximum absolute atomic E-state index is 6.12. The molecule has 3 aliphatic rings. The van der Waals surface area contributed by atoms with Crippen molar-refractivity contribution >= 4 is 0 Å². The summed E-state index contributed by atoms with van der Waals surface area (Å²) in [6.45, 7) is 2.10. The van der Waals surface area contributed by atoms with Gasteiger partial charge in [0.25, 0.3) is 0 Å². The first-order valence-electron chi connectivity index (χ1n) is 8.64. The molecule has 0 aromatic rings. The van der Waals surface area contributed by atoms with Gasteiger partial charge in [-0.25, -0.2) is 0 Å². The molecular formula is C17H30O2. The van der Waals surface area contributed by atoms with Crippen LogP contribution in [0.15, 0.2) is 0 Å². The molecule has 2 saturated carbocycles. The highest BCUT2D eigenvalue weighted by atomic mass is 16.7. The minimum Gasteiger partial charge on any atom is -0.349 e. The van der Waals surface area contributed by atoms with E-state index >= 15 is 0 Å². The normalized spacial score (nSPS) is 39.3. The highest BCUT2D eigenvalue weighted by molar-refractivity contribution is 4.84. The summed E-state index contributed by atoms with van der Waals surface area (Å²) in [6, 6.07) is 0. The standard InChI is InChI=1S/C17H30O2/c1-13-18-16(14-8-4-2-5-9-14)12-17(19-13)15-10-6-3-7-11-15/h13-17H,2-12H2,1H3/t13?,16-,17+. The molecule has 2 aliphatic carbocycles. The van der Waals surface area contributed by atoms with Gasteiger partial charge < -0.3 is 9.47 Å². The highest BCUT2D eigenvalue weighted by Crippen LogP contribution is 2.38. The fourth-order valence-electron chi connectivity index (χ4n) is 4.48. The van der Waals surface area contributed by atoms with Crippen molar-refractivity contribution in [3.8, 4) is 0 Å². The number of hydrogen-bond donors (Lipinski definition) is 0.